The minimum absolute atomic E-state index is 0.0425. The highest BCUT2D eigenvalue weighted by Crippen LogP contribution is 2.32. The minimum Gasteiger partial charge on any atom is -0.339 e. The van der Waals surface area contributed by atoms with Gasteiger partial charge in [0.15, 0.2) is 5.82 Å². The third kappa shape index (κ3) is 3.16. The molecule has 2 aromatic rings. The van der Waals surface area contributed by atoms with Crippen LogP contribution in [-0.4, -0.2) is 17.2 Å². The van der Waals surface area contributed by atoms with Crippen LogP contribution >= 0.6 is 0 Å². The summed E-state index contributed by atoms with van der Waals surface area (Å²) in [6.07, 6.45) is -4.43. The highest BCUT2D eigenvalue weighted by molar-refractivity contribution is 5.31. The first-order chi connectivity index (χ1) is 9.41. The SMILES string of the molecule is CNC(C)c1noc(Cc2ccccc2C(F)(F)F)n1. The molecule has 108 valence electrons. The van der Waals surface area contributed by atoms with E-state index in [1.54, 1.807) is 13.1 Å². The highest BCUT2D eigenvalue weighted by atomic mass is 19.4. The van der Waals surface area contributed by atoms with E-state index in [-0.39, 0.29) is 23.9 Å². The molecule has 0 aliphatic rings. The molecule has 0 aliphatic carbocycles. The van der Waals surface area contributed by atoms with E-state index in [0.29, 0.717) is 5.82 Å². The zero-order valence-corrected chi connectivity index (χ0v) is 11.0. The lowest BCUT2D eigenvalue weighted by molar-refractivity contribution is -0.138. The van der Waals surface area contributed by atoms with Crippen LogP contribution in [-0.2, 0) is 12.6 Å². The van der Waals surface area contributed by atoms with E-state index in [1.165, 1.54) is 12.1 Å². The van der Waals surface area contributed by atoms with Crippen LogP contribution in [0.2, 0.25) is 0 Å². The molecule has 0 aliphatic heterocycles. The van der Waals surface area contributed by atoms with Crippen molar-refractivity contribution >= 4 is 0 Å². The first kappa shape index (κ1) is 14.5. The van der Waals surface area contributed by atoms with Crippen LogP contribution in [0.4, 0.5) is 13.2 Å². The largest absolute Gasteiger partial charge is 0.416 e. The Morgan fingerprint density at radius 2 is 2.00 bits per heavy atom. The molecule has 0 spiro atoms. The Kier molecular flexibility index (Phi) is 4.08. The number of benzene rings is 1. The van der Waals surface area contributed by atoms with E-state index in [2.05, 4.69) is 15.5 Å². The zero-order valence-electron chi connectivity index (χ0n) is 11.0. The van der Waals surface area contributed by atoms with Gasteiger partial charge in [0, 0.05) is 0 Å². The van der Waals surface area contributed by atoms with Gasteiger partial charge in [-0.15, -0.1) is 0 Å². The van der Waals surface area contributed by atoms with Gasteiger partial charge in [0.1, 0.15) is 0 Å². The van der Waals surface area contributed by atoms with Crippen LogP contribution in [0.25, 0.3) is 0 Å². The molecule has 1 unspecified atom stereocenters. The lowest BCUT2D eigenvalue weighted by Gasteiger charge is -2.10. The normalized spacial score (nSPS) is 13.4. The molecule has 0 amide bonds. The number of nitrogens with one attached hydrogen (secondary N) is 1. The second-order valence-electron chi connectivity index (χ2n) is 4.39. The Morgan fingerprint density at radius 1 is 1.30 bits per heavy atom. The summed E-state index contributed by atoms with van der Waals surface area (Å²) in [6, 6.07) is 5.24. The van der Waals surface area contributed by atoms with E-state index >= 15 is 0 Å². The zero-order chi connectivity index (χ0) is 14.8. The third-order valence-corrected chi connectivity index (χ3v) is 2.97. The predicted octanol–water partition coefficient (Wildman–Crippen LogP) is 2.96. The van der Waals surface area contributed by atoms with Crippen molar-refractivity contribution in [3.8, 4) is 0 Å². The van der Waals surface area contributed by atoms with Gasteiger partial charge in [-0.25, -0.2) is 0 Å². The average Bonchev–Trinajstić information content (AvgIpc) is 2.86. The fourth-order valence-corrected chi connectivity index (χ4v) is 1.76. The van der Waals surface area contributed by atoms with Gasteiger partial charge in [-0.05, 0) is 25.6 Å². The highest BCUT2D eigenvalue weighted by Gasteiger charge is 2.33. The van der Waals surface area contributed by atoms with Gasteiger partial charge in [0.05, 0.1) is 18.0 Å². The summed E-state index contributed by atoms with van der Waals surface area (Å²) in [5.41, 5.74) is -0.561. The molecule has 7 heteroatoms. The van der Waals surface area contributed by atoms with E-state index in [4.69, 9.17) is 4.52 Å². The van der Waals surface area contributed by atoms with E-state index < -0.39 is 11.7 Å². The second-order valence-corrected chi connectivity index (χ2v) is 4.39. The number of alkyl halides is 3. The molecule has 0 saturated heterocycles. The van der Waals surface area contributed by atoms with Crippen molar-refractivity contribution in [2.75, 3.05) is 7.05 Å². The lowest BCUT2D eigenvalue weighted by atomic mass is 10.0. The Balaban J connectivity index is 2.25. The maximum absolute atomic E-state index is 12.9. The Labute approximate surface area is 114 Å². The summed E-state index contributed by atoms with van der Waals surface area (Å²) in [6.45, 7) is 1.83. The number of rotatable bonds is 4. The molecule has 1 atom stereocenters. The van der Waals surface area contributed by atoms with Crippen LogP contribution in [0, 0.1) is 0 Å². The molecule has 1 N–H and O–H groups in total. The lowest BCUT2D eigenvalue weighted by Crippen LogP contribution is -2.13. The molecule has 0 radical (unpaired) electrons. The van der Waals surface area contributed by atoms with Crippen LogP contribution in [0.15, 0.2) is 28.8 Å². The van der Waals surface area contributed by atoms with Crippen LogP contribution in [0.3, 0.4) is 0 Å². The standard InChI is InChI=1S/C13H14F3N3O/c1-8(17-2)12-18-11(20-19-12)7-9-5-3-4-6-10(9)13(14,15)16/h3-6,8,17H,7H2,1-2H3. The van der Waals surface area contributed by atoms with Gasteiger partial charge in [-0.3, -0.25) is 0 Å². The van der Waals surface area contributed by atoms with E-state index in [9.17, 15) is 13.2 Å². The molecule has 20 heavy (non-hydrogen) atoms. The van der Waals surface area contributed by atoms with Gasteiger partial charge in [0.25, 0.3) is 0 Å². The fraction of sp³-hybridized carbons (Fsp3) is 0.385. The van der Waals surface area contributed by atoms with Gasteiger partial charge in [-0.1, -0.05) is 23.4 Å². The quantitative estimate of drug-likeness (QED) is 0.938. The molecule has 4 nitrogen and oxygen atoms in total. The first-order valence-electron chi connectivity index (χ1n) is 6.06. The fourth-order valence-electron chi connectivity index (χ4n) is 1.76. The van der Waals surface area contributed by atoms with Crippen molar-refractivity contribution in [1.29, 1.82) is 0 Å². The van der Waals surface area contributed by atoms with Gasteiger partial charge in [-0.2, -0.15) is 18.2 Å². The summed E-state index contributed by atoms with van der Waals surface area (Å²) in [5, 5.41) is 6.67. The van der Waals surface area contributed by atoms with E-state index in [0.717, 1.165) is 6.07 Å². The van der Waals surface area contributed by atoms with Gasteiger partial charge < -0.3 is 9.84 Å². The Bertz CT molecular complexity index is 580. The second kappa shape index (κ2) is 5.62. The van der Waals surface area contributed by atoms with Crippen molar-refractivity contribution in [2.45, 2.75) is 25.6 Å². The van der Waals surface area contributed by atoms with Gasteiger partial charge >= 0.3 is 6.18 Å². The maximum Gasteiger partial charge on any atom is 0.416 e. The van der Waals surface area contributed by atoms with Crippen molar-refractivity contribution in [3.05, 3.63) is 47.1 Å². The number of nitrogens with zero attached hydrogens (tertiary/aromatic N) is 2. The smallest absolute Gasteiger partial charge is 0.339 e. The van der Waals surface area contributed by atoms with Crippen molar-refractivity contribution in [3.63, 3.8) is 0 Å². The summed E-state index contributed by atoms with van der Waals surface area (Å²) >= 11 is 0. The maximum atomic E-state index is 12.9. The van der Waals surface area contributed by atoms with Crippen LogP contribution in [0.5, 0.6) is 0 Å². The monoisotopic (exact) mass is 285 g/mol. The van der Waals surface area contributed by atoms with Crippen molar-refractivity contribution < 1.29 is 17.7 Å². The topological polar surface area (TPSA) is 51.0 Å². The molecule has 0 bridgehead atoms. The molecular weight excluding hydrogens is 271 g/mol. The molecule has 0 saturated carbocycles. The number of hydrogen-bond donors (Lipinski definition) is 1. The van der Waals surface area contributed by atoms with Crippen molar-refractivity contribution in [2.24, 2.45) is 0 Å². The number of halogens is 3. The molecular formula is C13H14F3N3O. The minimum atomic E-state index is -4.39. The molecule has 1 heterocycles. The summed E-state index contributed by atoms with van der Waals surface area (Å²) in [5.74, 6) is 0.589. The van der Waals surface area contributed by atoms with Crippen LogP contribution in [0.1, 0.15) is 35.8 Å². The molecule has 1 aromatic heterocycles. The average molecular weight is 285 g/mol. The number of aromatic nitrogens is 2. The Hall–Kier alpha value is -1.89. The predicted molar refractivity (Wildman–Crippen MR) is 66.0 cm³/mol. The van der Waals surface area contributed by atoms with Crippen LogP contribution < -0.4 is 5.32 Å². The molecule has 2 rings (SSSR count). The Morgan fingerprint density at radius 3 is 2.65 bits per heavy atom. The summed E-state index contributed by atoms with van der Waals surface area (Å²) in [4.78, 5) is 4.09. The molecule has 1 aromatic carbocycles. The summed E-state index contributed by atoms with van der Waals surface area (Å²) in [7, 11) is 1.74. The number of hydrogen-bond acceptors (Lipinski definition) is 4. The molecule has 0 fully saturated rings. The summed E-state index contributed by atoms with van der Waals surface area (Å²) < 4.78 is 43.6. The third-order valence-electron chi connectivity index (χ3n) is 2.97. The first-order valence-corrected chi connectivity index (χ1v) is 6.06. The van der Waals surface area contributed by atoms with Crippen molar-refractivity contribution in [1.82, 2.24) is 15.5 Å². The van der Waals surface area contributed by atoms with E-state index in [1.807, 2.05) is 6.92 Å². The van der Waals surface area contributed by atoms with Gasteiger partial charge in [0.2, 0.25) is 5.89 Å².